The van der Waals surface area contributed by atoms with Gasteiger partial charge in [0.15, 0.2) is 5.17 Å². The standard InChI is InChI=1S/C11H14N4S2.2ClH/c12-11(13)17-7-3-6-10-14-8-4-1-2-5-9(8)15(10)16;;/h1-2,4-5,16H,3,6-7H2,(H3,12,13);2*1H. The molecule has 1 aromatic carbocycles. The van der Waals surface area contributed by atoms with Crippen molar-refractivity contribution in [2.45, 2.75) is 12.8 Å². The van der Waals surface area contributed by atoms with Gasteiger partial charge in [0.25, 0.3) is 0 Å². The number of thioether (sulfide) groups is 1. The summed E-state index contributed by atoms with van der Waals surface area (Å²) in [6.45, 7) is 0. The molecule has 1 heterocycles. The number of para-hydroxylation sites is 2. The van der Waals surface area contributed by atoms with Gasteiger partial charge in [0, 0.05) is 12.2 Å². The molecule has 0 saturated carbocycles. The molecular weight excluding hydrogens is 323 g/mol. The predicted octanol–water partition coefficient (Wildman–Crippen LogP) is 3.13. The molecule has 2 rings (SSSR count). The zero-order valence-electron chi connectivity index (χ0n) is 10.1. The van der Waals surface area contributed by atoms with Crippen molar-refractivity contribution >= 4 is 65.6 Å². The van der Waals surface area contributed by atoms with Crippen molar-refractivity contribution < 1.29 is 0 Å². The second-order valence-corrected chi connectivity index (χ2v) is 5.18. The lowest BCUT2D eigenvalue weighted by molar-refractivity contribution is 0.859. The van der Waals surface area contributed by atoms with Crippen molar-refractivity contribution in [3.63, 3.8) is 0 Å². The number of nitrogens with zero attached hydrogens (tertiary/aromatic N) is 2. The van der Waals surface area contributed by atoms with E-state index in [0.717, 1.165) is 35.5 Å². The lowest BCUT2D eigenvalue weighted by Gasteiger charge is -2.00. The van der Waals surface area contributed by atoms with Gasteiger partial charge in [-0.3, -0.25) is 9.38 Å². The quantitative estimate of drug-likeness (QED) is 0.347. The SMILES string of the molecule is Cl.Cl.N=C(N)SCCCc1nc2ccccc2n1S. The Balaban J connectivity index is 0.00000162. The predicted molar refractivity (Wildman–Crippen MR) is 91.3 cm³/mol. The molecule has 0 atom stereocenters. The van der Waals surface area contributed by atoms with Crippen molar-refractivity contribution in [1.82, 2.24) is 8.96 Å². The number of halogens is 2. The lowest BCUT2D eigenvalue weighted by Crippen LogP contribution is -2.05. The van der Waals surface area contributed by atoms with Crippen LogP contribution in [-0.2, 0) is 6.42 Å². The molecule has 0 amide bonds. The van der Waals surface area contributed by atoms with Crippen LogP contribution in [0.3, 0.4) is 0 Å². The number of aromatic nitrogens is 2. The maximum Gasteiger partial charge on any atom is 0.151 e. The topological polar surface area (TPSA) is 67.7 Å². The smallest absolute Gasteiger partial charge is 0.151 e. The number of aryl methyl sites for hydroxylation is 1. The number of nitrogens with one attached hydrogen (secondary N) is 1. The van der Waals surface area contributed by atoms with Gasteiger partial charge in [0.2, 0.25) is 0 Å². The fourth-order valence-electron chi connectivity index (χ4n) is 1.64. The van der Waals surface area contributed by atoms with Crippen LogP contribution < -0.4 is 5.73 Å². The molecule has 0 aliphatic carbocycles. The van der Waals surface area contributed by atoms with E-state index in [1.54, 1.807) is 0 Å². The van der Waals surface area contributed by atoms with Crippen molar-refractivity contribution in [3.8, 4) is 0 Å². The summed E-state index contributed by atoms with van der Waals surface area (Å²) in [5.74, 6) is 1.80. The van der Waals surface area contributed by atoms with Gasteiger partial charge in [-0.2, -0.15) is 0 Å². The number of thiol groups is 1. The number of benzene rings is 1. The lowest BCUT2D eigenvalue weighted by atomic mass is 10.3. The molecule has 19 heavy (non-hydrogen) atoms. The molecule has 0 aliphatic heterocycles. The average Bonchev–Trinajstić information content (AvgIpc) is 2.63. The van der Waals surface area contributed by atoms with Crippen LogP contribution in [0.4, 0.5) is 0 Å². The first-order chi connectivity index (χ1) is 8.18. The van der Waals surface area contributed by atoms with Crippen LogP contribution in [0.1, 0.15) is 12.2 Å². The monoisotopic (exact) mass is 338 g/mol. The van der Waals surface area contributed by atoms with Gasteiger partial charge in [-0.05, 0) is 18.6 Å². The highest BCUT2D eigenvalue weighted by Gasteiger charge is 2.07. The third kappa shape index (κ3) is 4.80. The summed E-state index contributed by atoms with van der Waals surface area (Å²) in [5, 5.41) is 7.28. The molecule has 1 aromatic heterocycles. The van der Waals surface area contributed by atoms with Gasteiger partial charge in [-0.1, -0.05) is 36.7 Å². The van der Waals surface area contributed by atoms with Crippen LogP contribution in [0.25, 0.3) is 11.0 Å². The molecule has 0 radical (unpaired) electrons. The first-order valence-electron chi connectivity index (χ1n) is 5.31. The average molecular weight is 339 g/mol. The summed E-state index contributed by atoms with van der Waals surface area (Å²) in [7, 11) is 0. The van der Waals surface area contributed by atoms with Gasteiger partial charge in [0.05, 0.1) is 11.0 Å². The first-order valence-corrected chi connectivity index (χ1v) is 6.69. The Labute approximate surface area is 134 Å². The number of hydrogen-bond acceptors (Lipinski definition) is 4. The van der Waals surface area contributed by atoms with Crippen molar-refractivity contribution in [1.29, 1.82) is 5.41 Å². The summed E-state index contributed by atoms with van der Waals surface area (Å²) in [6, 6.07) is 7.93. The van der Waals surface area contributed by atoms with E-state index in [1.165, 1.54) is 11.8 Å². The highest BCUT2D eigenvalue weighted by molar-refractivity contribution is 8.13. The number of amidine groups is 1. The Morgan fingerprint density at radius 1 is 1.37 bits per heavy atom. The second-order valence-electron chi connectivity index (χ2n) is 3.64. The number of imidazole rings is 1. The van der Waals surface area contributed by atoms with Crippen LogP contribution in [0.15, 0.2) is 24.3 Å². The second kappa shape index (κ2) is 8.58. The van der Waals surface area contributed by atoms with Crippen LogP contribution in [0.2, 0.25) is 0 Å². The van der Waals surface area contributed by atoms with Crippen molar-refractivity contribution in [2.75, 3.05) is 5.75 Å². The molecule has 0 fully saturated rings. The largest absolute Gasteiger partial charge is 0.379 e. The Morgan fingerprint density at radius 3 is 2.68 bits per heavy atom. The van der Waals surface area contributed by atoms with Crippen LogP contribution in [0, 0.1) is 5.41 Å². The molecule has 2 aromatic rings. The van der Waals surface area contributed by atoms with Crippen molar-refractivity contribution in [2.24, 2.45) is 5.73 Å². The van der Waals surface area contributed by atoms with Gasteiger partial charge in [-0.15, -0.1) is 24.8 Å². The Hall–Kier alpha value is -0.560. The molecule has 4 nitrogen and oxygen atoms in total. The van der Waals surface area contributed by atoms with Crippen LogP contribution in [0.5, 0.6) is 0 Å². The minimum atomic E-state index is 0. The minimum absolute atomic E-state index is 0. The molecule has 0 unspecified atom stereocenters. The summed E-state index contributed by atoms with van der Waals surface area (Å²) >= 11 is 5.80. The Bertz CT molecular complexity index is 544. The first kappa shape index (κ1) is 18.4. The maximum absolute atomic E-state index is 7.11. The summed E-state index contributed by atoms with van der Waals surface area (Å²) in [6.07, 6.45) is 1.78. The van der Waals surface area contributed by atoms with Crippen LogP contribution in [-0.4, -0.2) is 19.9 Å². The fourth-order valence-corrected chi connectivity index (χ4v) is 2.46. The molecule has 106 valence electrons. The summed E-state index contributed by atoms with van der Waals surface area (Å²) in [4.78, 5) is 4.52. The maximum atomic E-state index is 7.11. The minimum Gasteiger partial charge on any atom is -0.379 e. The highest BCUT2D eigenvalue weighted by atomic mass is 35.5. The van der Waals surface area contributed by atoms with E-state index in [4.69, 9.17) is 11.1 Å². The molecule has 0 aliphatic rings. The summed E-state index contributed by atoms with van der Waals surface area (Å²) in [5.41, 5.74) is 7.28. The van der Waals surface area contributed by atoms with E-state index in [9.17, 15) is 0 Å². The van der Waals surface area contributed by atoms with E-state index in [2.05, 4.69) is 17.8 Å². The van der Waals surface area contributed by atoms with E-state index >= 15 is 0 Å². The third-order valence-corrected chi connectivity index (χ3v) is 3.66. The molecular formula is C11H16Cl2N4S2. The van der Waals surface area contributed by atoms with Crippen LogP contribution >= 0.6 is 49.4 Å². The van der Waals surface area contributed by atoms with E-state index in [0.29, 0.717) is 0 Å². The number of rotatable bonds is 4. The van der Waals surface area contributed by atoms with Gasteiger partial charge in [-0.25, -0.2) is 4.98 Å². The van der Waals surface area contributed by atoms with E-state index in [-0.39, 0.29) is 30.0 Å². The molecule has 8 heteroatoms. The summed E-state index contributed by atoms with van der Waals surface area (Å²) < 4.78 is 1.83. The fraction of sp³-hybridized carbons (Fsp3) is 0.273. The molecule has 0 bridgehead atoms. The number of hydrogen-bond donors (Lipinski definition) is 3. The van der Waals surface area contributed by atoms with Gasteiger partial charge >= 0.3 is 0 Å². The number of fused-ring (bicyclic) bond motifs is 1. The Morgan fingerprint density at radius 2 is 2.05 bits per heavy atom. The normalized spacial score (nSPS) is 9.74. The molecule has 0 saturated heterocycles. The van der Waals surface area contributed by atoms with Gasteiger partial charge < -0.3 is 5.73 Å². The highest BCUT2D eigenvalue weighted by Crippen LogP contribution is 2.18. The Kier molecular flexibility index (Phi) is 8.33. The number of nitrogens with two attached hydrogens (primary N) is 1. The van der Waals surface area contributed by atoms with Gasteiger partial charge in [0.1, 0.15) is 5.82 Å². The zero-order chi connectivity index (χ0) is 12.3. The van der Waals surface area contributed by atoms with Crippen molar-refractivity contribution in [3.05, 3.63) is 30.1 Å². The van der Waals surface area contributed by atoms with E-state index in [1.807, 2.05) is 28.2 Å². The van der Waals surface area contributed by atoms with E-state index < -0.39 is 0 Å². The third-order valence-electron chi connectivity index (χ3n) is 2.41. The molecule has 3 N–H and O–H groups in total. The molecule has 0 spiro atoms. The zero-order valence-corrected chi connectivity index (χ0v) is 13.4.